The van der Waals surface area contributed by atoms with Crippen molar-refractivity contribution in [1.82, 2.24) is 4.98 Å². The zero-order valence-electron chi connectivity index (χ0n) is 11.4. The summed E-state index contributed by atoms with van der Waals surface area (Å²) in [6, 6.07) is 8.64. The second kappa shape index (κ2) is 7.38. The first-order valence-electron chi connectivity index (χ1n) is 6.19. The molecule has 1 heterocycles. The van der Waals surface area contributed by atoms with Gasteiger partial charge in [-0.05, 0) is 18.9 Å². The second-order valence-electron chi connectivity index (χ2n) is 4.25. The molecule has 3 N–H and O–H groups in total. The molecule has 1 aromatic heterocycles. The molecule has 0 saturated heterocycles. The average Bonchev–Trinajstić information content (AvgIpc) is 2.78. The number of anilines is 1. The van der Waals surface area contributed by atoms with Gasteiger partial charge < -0.3 is 11.1 Å². The van der Waals surface area contributed by atoms with E-state index >= 15 is 0 Å². The van der Waals surface area contributed by atoms with E-state index in [4.69, 9.17) is 5.73 Å². The molecular weight excluding hydrogens is 294 g/mol. The fraction of sp³-hybridized carbons (Fsp3) is 0.286. The van der Waals surface area contributed by atoms with E-state index in [0.29, 0.717) is 5.13 Å². The molecule has 0 aliphatic carbocycles. The van der Waals surface area contributed by atoms with Crippen LogP contribution in [0.2, 0.25) is 0 Å². The molecule has 0 aliphatic heterocycles. The van der Waals surface area contributed by atoms with E-state index in [2.05, 4.69) is 10.3 Å². The first-order chi connectivity index (χ1) is 9.11. The maximum atomic E-state index is 12.1. The summed E-state index contributed by atoms with van der Waals surface area (Å²) in [7, 11) is 0. The zero-order valence-corrected chi connectivity index (χ0v) is 13.1. The highest BCUT2D eigenvalue weighted by atomic mass is 35.5. The Hall–Kier alpha value is -1.43. The van der Waals surface area contributed by atoms with Gasteiger partial charge in [-0.2, -0.15) is 0 Å². The van der Waals surface area contributed by atoms with E-state index < -0.39 is 6.04 Å². The molecule has 20 heavy (non-hydrogen) atoms. The Bertz CT molecular complexity index is 571. The molecule has 2 rings (SSSR count). The monoisotopic (exact) mass is 311 g/mol. The van der Waals surface area contributed by atoms with Crippen LogP contribution in [0.1, 0.15) is 29.1 Å². The number of rotatable bonds is 4. The highest BCUT2D eigenvalue weighted by Gasteiger charge is 2.17. The standard InChI is InChI=1S/C14H17N3OS.ClH/c1-3-11-9(2)19-14(16-11)17-13(18)12(15)10-7-5-4-6-8-10;/h4-8,12H,3,15H2,1-2H3,(H,16,17,18);1H. The van der Waals surface area contributed by atoms with Crippen molar-refractivity contribution in [3.05, 3.63) is 46.5 Å². The van der Waals surface area contributed by atoms with Gasteiger partial charge in [0.05, 0.1) is 5.69 Å². The lowest BCUT2D eigenvalue weighted by Crippen LogP contribution is -2.27. The Balaban J connectivity index is 0.00000200. The van der Waals surface area contributed by atoms with E-state index in [-0.39, 0.29) is 18.3 Å². The zero-order chi connectivity index (χ0) is 13.8. The largest absolute Gasteiger partial charge is 0.316 e. The highest BCUT2D eigenvalue weighted by Crippen LogP contribution is 2.23. The summed E-state index contributed by atoms with van der Waals surface area (Å²) in [5.74, 6) is -0.234. The van der Waals surface area contributed by atoms with Crippen LogP contribution in [0.25, 0.3) is 0 Å². The summed E-state index contributed by atoms with van der Waals surface area (Å²) >= 11 is 1.48. The highest BCUT2D eigenvalue weighted by molar-refractivity contribution is 7.15. The van der Waals surface area contributed by atoms with E-state index in [1.54, 1.807) is 0 Å². The number of nitrogens with one attached hydrogen (secondary N) is 1. The molecule has 1 atom stereocenters. The Labute approximate surface area is 128 Å². The molecule has 0 spiro atoms. The van der Waals surface area contributed by atoms with E-state index in [1.165, 1.54) is 11.3 Å². The Morgan fingerprint density at radius 1 is 1.40 bits per heavy atom. The van der Waals surface area contributed by atoms with Gasteiger partial charge in [-0.1, -0.05) is 37.3 Å². The number of aromatic nitrogens is 1. The van der Waals surface area contributed by atoms with Crippen molar-refractivity contribution in [2.45, 2.75) is 26.3 Å². The molecule has 0 aliphatic rings. The summed E-state index contributed by atoms with van der Waals surface area (Å²) in [5.41, 5.74) is 7.75. The molecule has 1 amide bonds. The number of amides is 1. The van der Waals surface area contributed by atoms with Crippen molar-refractivity contribution < 1.29 is 4.79 Å². The van der Waals surface area contributed by atoms with Gasteiger partial charge in [0.1, 0.15) is 6.04 Å². The average molecular weight is 312 g/mol. The third-order valence-electron chi connectivity index (χ3n) is 2.90. The van der Waals surface area contributed by atoms with Gasteiger partial charge in [0.2, 0.25) is 5.91 Å². The van der Waals surface area contributed by atoms with Crippen LogP contribution in [-0.2, 0) is 11.2 Å². The molecule has 0 bridgehead atoms. The maximum Gasteiger partial charge on any atom is 0.247 e. The topological polar surface area (TPSA) is 68.0 Å². The third kappa shape index (κ3) is 3.79. The predicted molar refractivity (Wildman–Crippen MR) is 85.5 cm³/mol. The molecule has 6 heteroatoms. The summed E-state index contributed by atoms with van der Waals surface area (Å²) in [5, 5.41) is 3.40. The summed E-state index contributed by atoms with van der Waals surface area (Å²) in [4.78, 5) is 17.6. The summed E-state index contributed by atoms with van der Waals surface area (Å²) in [6.07, 6.45) is 0.864. The number of aryl methyl sites for hydroxylation is 2. The number of carbonyl (C=O) groups excluding carboxylic acids is 1. The lowest BCUT2D eigenvalue weighted by atomic mass is 10.1. The van der Waals surface area contributed by atoms with E-state index in [1.807, 2.05) is 44.2 Å². The van der Waals surface area contributed by atoms with Crippen LogP contribution >= 0.6 is 23.7 Å². The normalized spacial score (nSPS) is 11.6. The lowest BCUT2D eigenvalue weighted by molar-refractivity contribution is -0.117. The van der Waals surface area contributed by atoms with Gasteiger partial charge in [-0.15, -0.1) is 23.7 Å². The van der Waals surface area contributed by atoms with Crippen molar-refractivity contribution >= 4 is 34.8 Å². The summed E-state index contributed by atoms with van der Waals surface area (Å²) in [6.45, 7) is 4.05. The van der Waals surface area contributed by atoms with Crippen molar-refractivity contribution in [3.63, 3.8) is 0 Å². The number of hydrogen-bond donors (Lipinski definition) is 2. The number of carbonyl (C=O) groups is 1. The van der Waals surface area contributed by atoms with Gasteiger partial charge >= 0.3 is 0 Å². The summed E-state index contributed by atoms with van der Waals surface area (Å²) < 4.78 is 0. The Morgan fingerprint density at radius 3 is 2.60 bits per heavy atom. The molecule has 0 fully saturated rings. The van der Waals surface area contributed by atoms with Crippen LogP contribution < -0.4 is 11.1 Å². The van der Waals surface area contributed by atoms with Crippen molar-refractivity contribution in [2.75, 3.05) is 5.32 Å². The van der Waals surface area contributed by atoms with Gasteiger partial charge in [0.15, 0.2) is 5.13 Å². The Kier molecular flexibility index (Phi) is 6.13. The predicted octanol–water partition coefficient (Wildman–Crippen LogP) is 3.07. The van der Waals surface area contributed by atoms with Gasteiger partial charge in [-0.25, -0.2) is 4.98 Å². The first kappa shape index (κ1) is 16.6. The van der Waals surface area contributed by atoms with Gasteiger partial charge in [0.25, 0.3) is 0 Å². The van der Waals surface area contributed by atoms with Gasteiger partial charge in [-0.3, -0.25) is 4.79 Å². The minimum atomic E-state index is -0.671. The van der Waals surface area contributed by atoms with Crippen LogP contribution in [0, 0.1) is 6.92 Å². The smallest absolute Gasteiger partial charge is 0.247 e. The number of thiazole rings is 1. The number of benzene rings is 1. The van der Waals surface area contributed by atoms with Crippen molar-refractivity contribution in [3.8, 4) is 0 Å². The van der Waals surface area contributed by atoms with Crippen LogP contribution in [0.3, 0.4) is 0 Å². The molecule has 0 radical (unpaired) electrons. The number of halogens is 1. The van der Waals surface area contributed by atoms with Crippen molar-refractivity contribution in [1.29, 1.82) is 0 Å². The van der Waals surface area contributed by atoms with Gasteiger partial charge in [0, 0.05) is 4.88 Å². The van der Waals surface area contributed by atoms with E-state index in [0.717, 1.165) is 22.6 Å². The van der Waals surface area contributed by atoms with Crippen LogP contribution in [0.4, 0.5) is 5.13 Å². The third-order valence-corrected chi connectivity index (χ3v) is 3.83. The maximum absolute atomic E-state index is 12.1. The minimum Gasteiger partial charge on any atom is -0.316 e. The fourth-order valence-electron chi connectivity index (χ4n) is 1.80. The molecule has 1 unspecified atom stereocenters. The number of nitrogens with zero attached hydrogens (tertiary/aromatic N) is 1. The lowest BCUT2D eigenvalue weighted by Gasteiger charge is -2.10. The Morgan fingerprint density at radius 2 is 2.05 bits per heavy atom. The molecule has 0 saturated carbocycles. The number of hydrogen-bond acceptors (Lipinski definition) is 4. The quantitative estimate of drug-likeness (QED) is 0.911. The fourth-order valence-corrected chi connectivity index (χ4v) is 2.71. The molecule has 4 nitrogen and oxygen atoms in total. The van der Waals surface area contributed by atoms with Crippen LogP contribution in [0.5, 0.6) is 0 Å². The number of nitrogens with two attached hydrogens (primary N) is 1. The van der Waals surface area contributed by atoms with Crippen molar-refractivity contribution in [2.24, 2.45) is 5.73 Å². The van der Waals surface area contributed by atoms with Crippen LogP contribution in [0.15, 0.2) is 30.3 Å². The molecular formula is C14H18ClN3OS. The first-order valence-corrected chi connectivity index (χ1v) is 7.01. The molecule has 1 aromatic carbocycles. The van der Waals surface area contributed by atoms with E-state index in [9.17, 15) is 4.79 Å². The van der Waals surface area contributed by atoms with Crippen LogP contribution in [-0.4, -0.2) is 10.9 Å². The molecule has 108 valence electrons. The second-order valence-corrected chi connectivity index (χ2v) is 5.46. The molecule has 2 aromatic rings. The SMILES string of the molecule is CCc1nc(NC(=O)C(N)c2ccccc2)sc1C.Cl. The minimum absolute atomic E-state index is 0.